The molecule has 0 radical (unpaired) electrons. The molecule has 2 aromatic rings. The number of fused-ring (bicyclic) bond motifs is 1. The van der Waals surface area contributed by atoms with Crippen molar-refractivity contribution in [1.82, 2.24) is 0 Å². The molecule has 0 heterocycles. The van der Waals surface area contributed by atoms with Gasteiger partial charge < -0.3 is 15.2 Å². The molecule has 1 aliphatic rings. The van der Waals surface area contributed by atoms with Crippen LogP contribution < -0.4 is 10.5 Å². The van der Waals surface area contributed by atoms with Gasteiger partial charge in [-0.25, -0.2) is 4.79 Å². The second-order valence-corrected chi connectivity index (χ2v) is 6.12. The monoisotopic (exact) mass is 325 g/mol. The summed E-state index contributed by atoms with van der Waals surface area (Å²) in [5.41, 5.74) is 11.3. The van der Waals surface area contributed by atoms with Crippen LogP contribution in [-0.4, -0.2) is 25.7 Å². The summed E-state index contributed by atoms with van der Waals surface area (Å²) in [6.07, 6.45) is 2.99. The van der Waals surface area contributed by atoms with Gasteiger partial charge in [-0.3, -0.25) is 0 Å². The Bertz CT molecular complexity index is 755. The third-order valence-electron chi connectivity index (χ3n) is 4.50. The lowest BCUT2D eigenvalue weighted by atomic mass is 9.86. The zero-order chi connectivity index (χ0) is 17.1. The van der Waals surface area contributed by atoms with Crippen molar-refractivity contribution in [2.45, 2.75) is 32.2 Å². The number of methoxy groups -OCH3 is 1. The van der Waals surface area contributed by atoms with E-state index in [1.54, 1.807) is 26.2 Å². The zero-order valence-electron chi connectivity index (χ0n) is 14.2. The van der Waals surface area contributed by atoms with E-state index in [4.69, 9.17) is 15.2 Å². The summed E-state index contributed by atoms with van der Waals surface area (Å²) in [4.78, 5) is 11.9. The largest absolute Gasteiger partial charge is 0.496 e. The fourth-order valence-electron chi connectivity index (χ4n) is 3.22. The van der Waals surface area contributed by atoms with Gasteiger partial charge in [-0.15, -0.1) is 0 Å². The Hall–Kier alpha value is -2.33. The number of esters is 1. The van der Waals surface area contributed by atoms with Crippen LogP contribution in [0.3, 0.4) is 0 Å². The molecule has 0 spiro atoms. The molecule has 3 rings (SSSR count). The molecular weight excluding hydrogens is 302 g/mol. The molecule has 0 fully saturated rings. The summed E-state index contributed by atoms with van der Waals surface area (Å²) in [5, 5.41) is 0. The maximum Gasteiger partial charge on any atom is 0.338 e. The van der Waals surface area contributed by atoms with Gasteiger partial charge in [0.25, 0.3) is 0 Å². The zero-order valence-corrected chi connectivity index (χ0v) is 14.2. The topological polar surface area (TPSA) is 61.5 Å². The number of nitrogens with two attached hydrogens (primary N) is 1. The van der Waals surface area contributed by atoms with E-state index in [9.17, 15) is 4.79 Å². The normalized spacial score (nSPS) is 16.4. The van der Waals surface area contributed by atoms with Gasteiger partial charge in [0.15, 0.2) is 0 Å². The van der Waals surface area contributed by atoms with Crippen LogP contribution in [-0.2, 0) is 17.6 Å². The van der Waals surface area contributed by atoms with Gasteiger partial charge in [0.05, 0.1) is 19.3 Å². The molecule has 1 atom stereocenters. The van der Waals surface area contributed by atoms with Gasteiger partial charge in [-0.05, 0) is 61.1 Å². The Morgan fingerprint density at radius 2 is 2.04 bits per heavy atom. The van der Waals surface area contributed by atoms with Gasteiger partial charge in [0.2, 0.25) is 0 Å². The van der Waals surface area contributed by atoms with E-state index in [0.29, 0.717) is 17.9 Å². The lowest BCUT2D eigenvalue weighted by molar-refractivity contribution is 0.0526. The second kappa shape index (κ2) is 7.05. The molecule has 4 nitrogen and oxygen atoms in total. The molecule has 0 amide bonds. The Morgan fingerprint density at radius 3 is 2.79 bits per heavy atom. The predicted molar refractivity (Wildman–Crippen MR) is 94.4 cm³/mol. The third-order valence-corrected chi connectivity index (χ3v) is 4.50. The first-order chi connectivity index (χ1) is 11.6. The highest BCUT2D eigenvalue weighted by Crippen LogP contribution is 2.33. The number of carbonyl (C=O) groups is 1. The molecule has 2 aromatic carbocycles. The number of benzene rings is 2. The maximum atomic E-state index is 11.9. The lowest BCUT2D eigenvalue weighted by Crippen LogP contribution is -2.27. The van der Waals surface area contributed by atoms with Crippen LogP contribution in [0.25, 0.3) is 11.1 Å². The molecule has 1 aliphatic carbocycles. The van der Waals surface area contributed by atoms with Crippen LogP contribution in [0.1, 0.15) is 34.8 Å². The Balaban J connectivity index is 1.97. The number of hydrogen-bond donors (Lipinski definition) is 1. The molecule has 0 bridgehead atoms. The van der Waals surface area contributed by atoms with Crippen LogP contribution in [0.5, 0.6) is 5.75 Å². The second-order valence-electron chi connectivity index (χ2n) is 6.12. The highest BCUT2D eigenvalue weighted by molar-refractivity contribution is 5.91. The molecule has 2 N–H and O–H groups in total. The quantitative estimate of drug-likeness (QED) is 0.876. The first-order valence-corrected chi connectivity index (χ1v) is 8.35. The summed E-state index contributed by atoms with van der Waals surface area (Å²) in [5.74, 6) is 0.333. The Kier molecular flexibility index (Phi) is 4.86. The maximum absolute atomic E-state index is 11.9. The van der Waals surface area contributed by atoms with Crippen molar-refractivity contribution in [3.05, 3.63) is 53.1 Å². The van der Waals surface area contributed by atoms with Gasteiger partial charge in [0.1, 0.15) is 5.75 Å². The molecule has 0 aromatic heterocycles. The first-order valence-electron chi connectivity index (χ1n) is 8.35. The number of ether oxygens (including phenoxy) is 2. The highest BCUT2D eigenvalue weighted by Gasteiger charge is 2.17. The first kappa shape index (κ1) is 16.5. The van der Waals surface area contributed by atoms with E-state index in [-0.39, 0.29) is 12.0 Å². The van der Waals surface area contributed by atoms with Gasteiger partial charge in [-0.2, -0.15) is 0 Å². The van der Waals surface area contributed by atoms with Gasteiger partial charge >= 0.3 is 5.97 Å². The highest BCUT2D eigenvalue weighted by atomic mass is 16.5. The molecule has 0 saturated heterocycles. The molecule has 0 aliphatic heterocycles. The van der Waals surface area contributed by atoms with Crippen molar-refractivity contribution >= 4 is 5.97 Å². The summed E-state index contributed by atoms with van der Waals surface area (Å²) in [6.45, 7) is 2.15. The van der Waals surface area contributed by atoms with Crippen LogP contribution in [0.4, 0.5) is 0 Å². The minimum atomic E-state index is -0.334. The minimum absolute atomic E-state index is 0.237. The van der Waals surface area contributed by atoms with Crippen LogP contribution in [0, 0.1) is 0 Å². The van der Waals surface area contributed by atoms with Crippen molar-refractivity contribution in [1.29, 1.82) is 0 Å². The fraction of sp³-hybridized carbons (Fsp3) is 0.350. The number of carbonyl (C=O) groups excluding carboxylic acids is 1. The SMILES string of the molecule is CCOC(=O)c1ccc(-c2ccc3c(c2)CC(N)CC3)c(OC)c1. The van der Waals surface area contributed by atoms with Crippen LogP contribution in [0.15, 0.2) is 36.4 Å². The average Bonchev–Trinajstić information content (AvgIpc) is 2.60. The van der Waals surface area contributed by atoms with Gasteiger partial charge in [-0.1, -0.05) is 18.2 Å². The summed E-state index contributed by atoms with van der Waals surface area (Å²) >= 11 is 0. The molecule has 4 heteroatoms. The standard InChI is InChI=1S/C20H23NO3/c1-3-24-20(22)15-7-9-18(19(12-15)23-2)14-5-4-13-6-8-17(21)11-16(13)10-14/h4-5,7,9-10,12,17H,3,6,8,11,21H2,1-2H3. The average molecular weight is 325 g/mol. The van der Waals surface area contributed by atoms with Crippen molar-refractivity contribution in [2.75, 3.05) is 13.7 Å². The van der Waals surface area contributed by atoms with Crippen molar-refractivity contribution in [2.24, 2.45) is 5.73 Å². The van der Waals surface area contributed by atoms with Crippen LogP contribution >= 0.6 is 0 Å². The number of aryl methyl sites for hydroxylation is 1. The molecule has 126 valence electrons. The Labute approximate surface area is 142 Å². The van der Waals surface area contributed by atoms with Crippen molar-refractivity contribution in [3.63, 3.8) is 0 Å². The van der Waals surface area contributed by atoms with E-state index >= 15 is 0 Å². The molecular formula is C20H23NO3. The van der Waals surface area contributed by atoms with E-state index in [0.717, 1.165) is 30.4 Å². The summed E-state index contributed by atoms with van der Waals surface area (Å²) in [7, 11) is 1.61. The van der Waals surface area contributed by atoms with Crippen molar-refractivity contribution < 1.29 is 14.3 Å². The third kappa shape index (κ3) is 3.29. The van der Waals surface area contributed by atoms with E-state index < -0.39 is 0 Å². The molecule has 1 unspecified atom stereocenters. The summed E-state index contributed by atoms with van der Waals surface area (Å²) < 4.78 is 10.6. The van der Waals surface area contributed by atoms with E-state index in [2.05, 4.69) is 18.2 Å². The van der Waals surface area contributed by atoms with Gasteiger partial charge in [0, 0.05) is 11.6 Å². The molecule has 0 saturated carbocycles. The van der Waals surface area contributed by atoms with E-state index in [1.165, 1.54) is 11.1 Å². The number of rotatable bonds is 4. The predicted octanol–water partition coefficient (Wildman–Crippen LogP) is 3.35. The van der Waals surface area contributed by atoms with Crippen molar-refractivity contribution in [3.8, 4) is 16.9 Å². The molecule has 24 heavy (non-hydrogen) atoms. The minimum Gasteiger partial charge on any atom is -0.496 e. The summed E-state index contributed by atoms with van der Waals surface area (Å²) in [6, 6.07) is 12.1. The van der Waals surface area contributed by atoms with Crippen LogP contribution in [0.2, 0.25) is 0 Å². The lowest BCUT2D eigenvalue weighted by Gasteiger charge is -2.22. The Morgan fingerprint density at radius 1 is 1.21 bits per heavy atom. The number of hydrogen-bond acceptors (Lipinski definition) is 4. The fourth-order valence-corrected chi connectivity index (χ4v) is 3.22. The smallest absolute Gasteiger partial charge is 0.338 e. The van der Waals surface area contributed by atoms with E-state index in [1.807, 2.05) is 6.07 Å².